The van der Waals surface area contributed by atoms with Crippen molar-refractivity contribution < 1.29 is 4.74 Å². The second-order valence-corrected chi connectivity index (χ2v) is 3.36. The third-order valence-corrected chi connectivity index (χ3v) is 1.96. The van der Waals surface area contributed by atoms with Gasteiger partial charge < -0.3 is 9.94 Å². The van der Waals surface area contributed by atoms with Crippen molar-refractivity contribution in [2.45, 2.75) is 0 Å². The molecule has 0 amide bonds. The van der Waals surface area contributed by atoms with Crippen LogP contribution in [0.15, 0.2) is 35.3 Å². The summed E-state index contributed by atoms with van der Waals surface area (Å²) < 4.78 is 6.14. The fraction of sp³-hybridized carbons (Fsp3) is 0.100. The van der Waals surface area contributed by atoms with Gasteiger partial charge >= 0.3 is 6.07 Å². The van der Waals surface area contributed by atoms with E-state index in [0.717, 1.165) is 4.47 Å². The Labute approximate surface area is 90.5 Å². The van der Waals surface area contributed by atoms with Gasteiger partial charge in [-0.1, -0.05) is 28.6 Å². The van der Waals surface area contributed by atoms with Crippen LogP contribution in [0.2, 0.25) is 0 Å². The van der Waals surface area contributed by atoms with Gasteiger partial charge in [0.15, 0.2) is 0 Å². The summed E-state index contributed by atoms with van der Waals surface area (Å²) in [5.41, 5.74) is 0.524. The lowest BCUT2D eigenvalue weighted by Crippen LogP contribution is -1.95. The Hall–Kier alpha value is -1.47. The van der Waals surface area contributed by atoms with Gasteiger partial charge in [-0.3, -0.25) is 0 Å². The number of benzene rings is 1. The van der Waals surface area contributed by atoms with Crippen LogP contribution in [0, 0.1) is 11.3 Å². The summed E-state index contributed by atoms with van der Waals surface area (Å²) in [6.45, 7) is 3.91. The van der Waals surface area contributed by atoms with Gasteiger partial charge in [-0.25, -0.2) is 0 Å². The highest BCUT2D eigenvalue weighted by Gasteiger charge is 2.06. The van der Waals surface area contributed by atoms with E-state index in [4.69, 9.17) is 4.74 Å². The lowest BCUT2D eigenvalue weighted by molar-refractivity contribution is 0.362. The van der Waals surface area contributed by atoms with E-state index in [1.807, 2.05) is 6.07 Å². The minimum Gasteiger partial charge on any atom is -0.498 e. The quantitative estimate of drug-likeness (QED) is 0.613. The Kier molecular flexibility index (Phi) is 4.02. The first kappa shape index (κ1) is 10.6. The van der Waals surface area contributed by atoms with Gasteiger partial charge in [0.1, 0.15) is 17.9 Å². The van der Waals surface area contributed by atoms with Gasteiger partial charge in [-0.05, 0) is 18.2 Å². The van der Waals surface area contributed by atoms with Gasteiger partial charge in [0.25, 0.3) is 0 Å². The molecular weight excluding hydrogens is 246 g/mol. The van der Waals surface area contributed by atoms with Crippen molar-refractivity contribution in [1.82, 2.24) is 0 Å². The Bertz CT molecular complexity index is 393. The van der Waals surface area contributed by atoms with E-state index in [1.54, 1.807) is 18.2 Å². The molecule has 0 fully saturated rings. The molecular formula is C10H8BrNO2. The summed E-state index contributed by atoms with van der Waals surface area (Å²) in [7, 11) is 0. The number of ether oxygens (including phenoxy) is 1. The summed E-state index contributed by atoms with van der Waals surface area (Å²) in [6, 6.07) is 7.57. The third-order valence-electron chi connectivity index (χ3n) is 1.46. The van der Waals surface area contributed by atoms with E-state index < -0.39 is 0 Å². The van der Waals surface area contributed by atoms with Gasteiger partial charge in [0, 0.05) is 9.48 Å². The smallest absolute Gasteiger partial charge is 0.340 e. The Morgan fingerprint density at radius 1 is 1.64 bits per heavy atom. The van der Waals surface area contributed by atoms with Crippen molar-refractivity contribution in [3.05, 3.63) is 51.1 Å². The fourth-order valence-electron chi connectivity index (χ4n) is 0.913. The molecule has 0 atom stereocenters. The average Bonchev–Trinajstić information content (AvgIpc) is 2.17. The lowest BCUT2D eigenvalue weighted by Gasteiger charge is -2.03. The van der Waals surface area contributed by atoms with Crippen molar-refractivity contribution in [1.29, 1.82) is 0 Å². The van der Waals surface area contributed by atoms with Crippen molar-refractivity contribution in [3.8, 4) is 11.8 Å². The first-order chi connectivity index (χ1) is 6.77. The van der Waals surface area contributed by atoms with E-state index in [9.17, 15) is 5.21 Å². The molecule has 14 heavy (non-hydrogen) atoms. The highest BCUT2D eigenvalue weighted by molar-refractivity contribution is 9.10. The number of halogens is 1. The summed E-state index contributed by atoms with van der Waals surface area (Å²) in [6.07, 6.45) is 1.63. The maximum atomic E-state index is 10.1. The topological polar surface area (TPSA) is 36.6 Å². The highest BCUT2D eigenvalue weighted by Crippen LogP contribution is 2.22. The zero-order chi connectivity index (χ0) is 10.4. The number of rotatable bonds is 3. The maximum absolute atomic E-state index is 10.1. The first-order valence-corrected chi connectivity index (χ1v) is 4.69. The third kappa shape index (κ3) is 2.79. The second-order valence-electron chi connectivity index (χ2n) is 2.44. The molecule has 0 heterocycles. The molecule has 0 radical (unpaired) electrons. The maximum Gasteiger partial charge on any atom is 0.340 e. The molecule has 0 spiro atoms. The van der Waals surface area contributed by atoms with E-state index in [0.29, 0.717) is 17.9 Å². The number of nitrogens with zero attached hydrogens (tertiary/aromatic N) is 1. The highest BCUT2D eigenvalue weighted by atomic mass is 79.9. The summed E-state index contributed by atoms with van der Waals surface area (Å²) in [5.74, 6) is 0.563. The van der Waals surface area contributed by atoms with Crippen molar-refractivity contribution in [2.75, 3.05) is 6.61 Å². The van der Waals surface area contributed by atoms with Crippen LogP contribution in [-0.4, -0.2) is 6.61 Å². The lowest BCUT2D eigenvalue weighted by atomic mass is 10.2. The molecule has 72 valence electrons. The zero-order valence-electron chi connectivity index (χ0n) is 7.37. The Morgan fingerprint density at radius 3 is 3.07 bits per heavy atom. The zero-order valence-corrected chi connectivity index (χ0v) is 8.95. The minimum atomic E-state index is 0.384. The van der Waals surface area contributed by atoms with Crippen LogP contribution < -0.4 is 4.74 Å². The Morgan fingerprint density at radius 2 is 2.43 bits per heavy atom. The molecule has 0 aliphatic carbocycles. The molecule has 0 unspecified atom stereocenters. The minimum absolute atomic E-state index is 0.384. The molecule has 0 bridgehead atoms. The predicted octanol–water partition coefficient (Wildman–Crippen LogP) is 3.19. The van der Waals surface area contributed by atoms with Crippen molar-refractivity contribution >= 4 is 15.9 Å². The van der Waals surface area contributed by atoms with Crippen LogP contribution in [0.1, 0.15) is 5.56 Å². The summed E-state index contributed by atoms with van der Waals surface area (Å²) in [5, 5.41) is 12.6. The number of hydrogen-bond acceptors (Lipinski definition) is 2. The van der Waals surface area contributed by atoms with Crippen LogP contribution >= 0.6 is 15.9 Å². The molecule has 1 aromatic carbocycles. The van der Waals surface area contributed by atoms with Crippen molar-refractivity contribution in [2.24, 2.45) is 0 Å². The monoisotopic (exact) mass is 253 g/mol. The van der Waals surface area contributed by atoms with Crippen molar-refractivity contribution in [3.63, 3.8) is 0 Å². The molecule has 0 aliphatic heterocycles. The molecule has 3 nitrogen and oxygen atoms in total. The molecule has 4 heteroatoms. The Balaban J connectivity index is 2.99. The van der Waals surface area contributed by atoms with Gasteiger partial charge in [-0.15, -0.1) is 0 Å². The van der Waals surface area contributed by atoms with Gasteiger partial charge in [0.05, 0.1) is 0 Å². The molecule has 0 aromatic heterocycles. The first-order valence-electron chi connectivity index (χ1n) is 3.89. The summed E-state index contributed by atoms with van der Waals surface area (Å²) >= 11 is 3.28. The van der Waals surface area contributed by atoms with E-state index in [-0.39, 0.29) is 0 Å². The predicted molar refractivity (Wildman–Crippen MR) is 59.6 cm³/mol. The van der Waals surface area contributed by atoms with Crippen LogP contribution in [0.5, 0.6) is 5.75 Å². The molecule has 0 saturated heterocycles. The van der Waals surface area contributed by atoms with Crippen LogP contribution in [-0.2, 0) is 0 Å². The van der Waals surface area contributed by atoms with Gasteiger partial charge in [0.2, 0.25) is 0 Å². The standard InChI is InChI=1S/C10H8BrNO2/c1-2-5-14-10-4-3-9(11)6-8(10)7-12-13/h2-4,6H,1,5H2. The summed E-state index contributed by atoms with van der Waals surface area (Å²) in [4.78, 5) is 0. The average molecular weight is 254 g/mol. The van der Waals surface area contributed by atoms with Crippen LogP contribution in [0.3, 0.4) is 0 Å². The molecule has 0 aliphatic rings. The molecule has 0 saturated carbocycles. The largest absolute Gasteiger partial charge is 0.498 e. The number of hydrogen-bond donors (Lipinski definition) is 0. The fourth-order valence-corrected chi connectivity index (χ4v) is 1.27. The SMILES string of the molecule is C=CCOc1ccc(Br)cc1C#[N+][O-]. The van der Waals surface area contributed by atoms with E-state index >= 15 is 0 Å². The second kappa shape index (κ2) is 5.30. The molecule has 0 N–H and O–H groups in total. The van der Waals surface area contributed by atoms with E-state index in [1.165, 1.54) is 0 Å². The normalized spacial score (nSPS) is 8.64. The van der Waals surface area contributed by atoms with E-state index in [2.05, 4.69) is 33.6 Å². The molecule has 1 aromatic rings. The van der Waals surface area contributed by atoms with Gasteiger partial charge in [-0.2, -0.15) is 0 Å². The molecule has 1 rings (SSSR count). The van der Waals surface area contributed by atoms with Crippen LogP contribution in [0.25, 0.3) is 5.01 Å². The van der Waals surface area contributed by atoms with Crippen LogP contribution in [0.4, 0.5) is 0 Å².